The number of anilines is 1. The van der Waals surface area contributed by atoms with Gasteiger partial charge in [-0.3, -0.25) is 4.79 Å². The van der Waals surface area contributed by atoms with Gasteiger partial charge >= 0.3 is 0 Å². The van der Waals surface area contributed by atoms with Crippen molar-refractivity contribution in [1.82, 2.24) is 4.98 Å². The number of quaternary nitrogens is 1. The van der Waals surface area contributed by atoms with E-state index in [9.17, 15) is 4.79 Å². The van der Waals surface area contributed by atoms with Crippen LogP contribution in [0.3, 0.4) is 0 Å². The number of aryl methyl sites for hydroxylation is 1. The Kier molecular flexibility index (Phi) is 3.05. The maximum Gasteiger partial charge on any atom is 0.291 e. The first-order chi connectivity index (χ1) is 10.3. The molecule has 0 aliphatic carbocycles. The molecular weight excluding hydrogens is 282 g/mol. The predicted molar refractivity (Wildman–Crippen MR) is 82.4 cm³/mol. The number of rotatable bonds is 2. The van der Waals surface area contributed by atoms with Crippen molar-refractivity contribution in [1.29, 1.82) is 0 Å². The number of hydrogen-bond acceptors (Lipinski definition) is 3. The Bertz CT molecular complexity index is 669. The third-order valence-electron chi connectivity index (χ3n) is 4.60. The van der Waals surface area contributed by atoms with Gasteiger partial charge in [-0.2, -0.15) is 0 Å². The molecule has 4 nitrogen and oxygen atoms in total. The Morgan fingerprint density at radius 1 is 1.38 bits per heavy atom. The van der Waals surface area contributed by atoms with Gasteiger partial charge in [0.25, 0.3) is 5.91 Å². The summed E-state index contributed by atoms with van der Waals surface area (Å²) in [6, 6.07) is 8.04. The zero-order valence-corrected chi connectivity index (χ0v) is 12.8. The second-order valence-corrected chi connectivity index (χ2v) is 6.73. The van der Waals surface area contributed by atoms with Gasteiger partial charge in [0.05, 0.1) is 11.4 Å². The monoisotopic (exact) mass is 300 g/mol. The Hall–Kier alpha value is -1.72. The summed E-state index contributed by atoms with van der Waals surface area (Å²) in [7, 11) is 0. The van der Waals surface area contributed by atoms with Crippen LogP contribution in [0.5, 0.6) is 0 Å². The molecule has 1 unspecified atom stereocenters. The number of pyridine rings is 1. The number of amides is 1. The lowest BCUT2D eigenvalue weighted by Crippen LogP contribution is -3.12. The second kappa shape index (κ2) is 4.93. The summed E-state index contributed by atoms with van der Waals surface area (Å²) in [6.45, 7) is 3.21. The van der Waals surface area contributed by atoms with E-state index in [1.54, 1.807) is 17.5 Å². The first kappa shape index (κ1) is 13.0. The van der Waals surface area contributed by atoms with E-state index in [0.717, 1.165) is 25.2 Å². The molecule has 108 valence electrons. The van der Waals surface area contributed by atoms with Gasteiger partial charge in [0.15, 0.2) is 6.04 Å². The lowest BCUT2D eigenvalue weighted by atomic mass is 10.2. The van der Waals surface area contributed by atoms with E-state index in [-0.39, 0.29) is 18.1 Å². The van der Waals surface area contributed by atoms with E-state index in [0.29, 0.717) is 0 Å². The Morgan fingerprint density at radius 2 is 2.29 bits per heavy atom. The molecule has 2 aliphatic heterocycles. The van der Waals surface area contributed by atoms with E-state index in [1.807, 2.05) is 23.1 Å². The highest BCUT2D eigenvalue weighted by molar-refractivity contribution is 7.10. The second-order valence-electron chi connectivity index (χ2n) is 5.79. The number of fused-ring (bicyclic) bond motifs is 1. The van der Waals surface area contributed by atoms with E-state index in [1.165, 1.54) is 15.3 Å². The summed E-state index contributed by atoms with van der Waals surface area (Å²) in [6.07, 6.45) is 4.00. The van der Waals surface area contributed by atoms with Crippen LogP contribution >= 0.6 is 11.3 Å². The van der Waals surface area contributed by atoms with E-state index in [4.69, 9.17) is 0 Å². The summed E-state index contributed by atoms with van der Waals surface area (Å²) >= 11 is 1.75. The van der Waals surface area contributed by atoms with Gasteiger partial charge in [0, 0.05) is 19.0 Å². The topological polar surface area (TPSA) is 37.6 Å². The molecule has 0 radical (unpaired) electrons. The molecule has 2 aromatic heterocycles. The molecule has 0 saturated carbocycles. The summed E-state index contributed by atoms with van der Waals surface area (Å²) in [4.78, 5) is 21.9. The number of aromatic nitrogens is 1. The van der Waals surface area contributed by atoms with Crippen molar-refractivity contribution in [3.63, 3.8) is 0 Å². The van der Waals surface area contributed by atoms with Crippen molar-refractivity contribution in [3.05, 3.63) is 46.3 Å². The van der Waals surface area contributed by atoms with Crippen LogP contribution in [0, 0.1) is 6.92 Å². The van der Waals surface area contributed by atoms with Crippen LogP contribution in [0.15, 0.2) is 35.8 Å². The normalized spacial score (nSPS) is 28.1. The SMILES string of the molecule is Cc1ccsc1[C@H]1N(c2ccccn2)C(=O)[C@H]2CCC[NH+]21. The average Bonchev–Trinajstić information content (AvgIpc) is 3.18. The molecule has 2 fully saturated rings. The molecule has 4 heterocycles. The zero-order valence-electron chi connectivity index (χ0n) is 12.0. The summed E-state index contributed by atoms with van der Waals surface area (Å²) in [5.74, 6) is 1.02. The molecule has 2 saturated heterocycles. The largest absolute Gasteiger partial charge is 0.300 e. The molecular formula is C16H18N3OS+. The maximum absolute atomic E-state index is 12.9. The molecule has 0 spiro atoms. The fourth-order valence-electron chi connectivity index (χ4n) is 3.63. The molecule has 2 aromatic rings. The number of carbonyl (C=O) groups excluding carboxylic acids is 1. The van der Waals surface area contributed by atoms with Crippen LogP contribution in [-0.2, 0) is 4.79 Å². The maximum atomic E-state index is 12.9. The molecule has 3 atom stereocenters. The average molecular weight is 300 g/mol. The summed E-state index contributed by atoms with van der Waals surface area (Å²) < 4.78 is 0. The smallest absolute Gasteiger partial charge is 0.291 e. The third-order valence-corrected chi connectivity index (χ3v) is 5.67. The van der Waals surface area contributed by atoms with Crippen molar-refractivity contribution in [2.75, 3.05) is 11.4 Å². The lowest BCUT2D eigenvalue weighted by molar-refractivity contribution is -0.924. The fraction of sp³-hybridized carbons (Fsp3) is 0.375. The Morgan fingerprint density at radius 3 is 3.00 bits per heavy atom. The molecule has 1 amide bonds. The van der Waals surface area contributed by atoms with Crippen LogP contribution < -0.4 is 9.80 Å². The molecule has 0 aromatic carbocycles. The molecule has 0 bridgehead atoms. The summed E-state index contributed by atoms with van der Waals surface area (Å²) in [5.41, 5.74) is 1.28. The molecule has 2 aliphatic rings. The van der Waals surface area contributed by atoms with Crippen molar-refractivity contribution >= 4 is 23.1 Å². The van der Waals surface area contributed by atoms with Gasteiger partial charge in [-0.15, -0.1) is 11.3 Å². The van der Waals surface area contributed by atoms with Crippen molar-refractivity contribution in [2.45, 2.75) is 32.0 Å². The van der Waals surface area contributed by atoms with Crippen LogP contribution in [0.25, 0.3) is 0 Å². The minimum absolute atomic E-state index is 0.0971. The van der Waals surface area contributed by atoms with Gasteiger partial charge in [0.2, 0.25) is 6.17 Å². The van der Waals surface area contributed by atoms with Crippen LogP contribution in [0.4, 0.5) is 5.82 Å². The highest BCUT2D eigenvalue weighted by Gasteiger charge is 2.54. The number of hydrogen-bond donors (Lipinski definition) is 1. The highest BCUT2D eigenvalue weighted by Crippen LogP contribution is 2.33. The first-order valence-corrected chi connectivity index (χ1v) is 8.29. The van der Waals surface area contributed by atoms with Gasteiger partial charge in [0.1, 0.15) is 5.82 Å². The molecule has 4 rings (SSSR count). The van der Waals surface area contributed by atoms with Crippen LogP contribution in [0.1, 0.15) is 29.4 Å². The van der Waals surface area contributed by atoms with Gasteiger partial charge < -0.3 is 4.90 Å². The van der Waals surface area contributed by atoms with Gasteiger partial charge in [-0.1, -0.05) is 6.07 Å². The predicted octanol–water partition coefficient (Wildman–Crippen LogP) is 1.54. The van der Waals surface area contributed by atoms with E-state index in [2.05, 4.69) is 23.4 Å². The number of nitrogens with zero attached hydrogens (tertiary/aromatic N) is 2. The highest BCUT2D eigenvalue weighted by atomic mass is 32.1. The standard InChI is InChI=1S/C16H17N3OS/c1-11-7-10-21-14(11)15-18-9-4-5-12(18)16(20)19(15)13-6-2-3-8-17-13/h2-3,6-8,10,12,15H,4-5,9H2,1H3/p+1/t12-,15-/m1/s1. The molecule has 5 heteroatoms. The molecule has 21 heavy (non-hydrogen) atoms. The zero-order chi connectivity index (χ0) is 14.4. The van der Waals surface area contributed by atoms with Crippen molar-refractivity contribution in [2.24, 2.45) is 0 Å². The van der Waals surface area contributed by atoms with E-state index < -0.39 is 0 Å². The van der Waals surface area contributed by atoms with Crippen molar-refractivity contribution < 1.29 is 9.69 Å². The summed E-state index contributed by atoms with van der Waals surface area (Å²) in [5, 5.41) is 2.12. The lowest BCUT2D eigenvalue weighted by Gasteiger charge is -2.25. The number of carbonyl (C=O) groups is 1. The quantitative estimate of drug-likeness (QED) is 0.913. The molecule has 1 N–H and O–H groups in total. The minimum Gasteiger partial charge on any atom is -0.300 e. The number of nitrogens with one attached hydrogen (secondary N) is 1. The Labute approximate surface area is 128 Å². The van der Waals surface area contributed by atoms with Crippen LogP contribution in [0.2, 0.25) is 0 Å². The van der Waals surface area contributed by atoms with Gasteiger partial charge in [-0.05, 0) is 36.1 Å². The fourth-order valence-corrected chi connectivity index (χ4v) is 4.69. The first-order valence-electron chi connectivity index (χ1n) is 7.41. The van der Waals surface area contributed by atoms with Gasteiger partial charge in [-0.25, -0.2) is 9.88 Å². The van der Waals surface area contributed by atoms with Crippen LogP contribution in [-0.4, -0.2) is 23.5 Å². The van der Waals surface area contributed by atoms with E-state index >= 15 is 0 Å². The third kappa shape index (κ3) is 1.92. The minimum atomic E-state index is 0.0971. The van der Waals surface area contributed by atoms with Crippen molar-refractivity contribution in [3.8, 4) is 0 Å². The number of thiophene rings is 1. The Balaban J connectivity index is 1.83.